The highest BCUT2D eigenvalue weighted by Crippen LogP contribution is 2.28. The smallest absolute Gasteiger partial charge is 0.216 e. The van der Waals surface area contributed by atoms with Crippen LogP contribution in [-0.4, -0.2) is 20.1 Å². The molecule has 0 spiro atoms. The van der Waals surface area contributed by atoms with Crippen LogP contribution in [0.15, 0.2) is 94.9 Å². The Morgan fingerprint density at radius 1 is 1.03 bits per heavy atom. The van der Waals surface area contributed by atoms with Crippen LogP contribution in [0, 0.1) is 11.3 Å². The number of aromatic nitrogens is 1. The summed E-state index contributed by atoms with van der Waals surface area (Å²) in [5.74, 6) is 0.773. The summed E-state index contributed by atoms with van der Waals surface area (Å²) in [4.78, 5) is -0.189. The maximum Gasteiger partial charge on any atom is 0.216 e. The highest BCUT2D eigenvalue weighted by molar-refractivity contribution is 7.95. The Bertz CT molecular complexity index is 1410. The molecule has 1 heterocycles. The number of para-hydroxylation sites is 1. The molecule has 0 saturated carbocycles. The van der Waals surface area contributed by atoms with E-state index in [1.807, 2.05) is 65.4 Å². The first-order valence-electron chi connectivity index (χ1n) is 9.65. The Morgan fingerprint density at radius 3 is 2.52 bits per heavy atom. The van der Waals surface area contributed by atoms with E-state index in [1.165, 1.54) is 18.2 Å². The Morgan fingerprint density at radius 2 is 1.77 bits per heavy atom. The van der Waals surface area contributed by atoms with Crippen molar-refractivity contribution in [2.75, 3.05) is 7.11 Å². The van der Waals surface area contributed by atoms with Gasteiger partial charge in [-0.3, -0.25) is 0 Å². The van der Waals surface area contributed by atoms with Gasteiger partial charge in [-0.1, -0.05) is 48.5 Å². The number of benzene rings is 3. The van der Waals surface area contributed by atoms with Crippen LogP contribution in [-0.2, 0) is 16.4 Å². The van der Waals surface area contributed by atoms with Gasteiger partial charge in [-0.05, 0) is 42.0 Å². The number of rotatable bonds is 6. The lowest BCUT2D eigenvalue weighted by atomic mass is 10.1. The van der Waals surface area contributed by atoms with Gasteiger partial charge in [0.05, 0.1) is 12.0 Å². The second kappa shape index (κ2) is 8.50. The molecular formula is C25H20N2O3S. The maximum absolute atomic E-state index is 13.0. The molecule has 0 aliphatic rings. The van der Waals surface area contributed by atoms with Gasteiger partial charge in [0, 0.05) is 29.2 Å². The molecule has 31 heavy (non-hydrogen) atoms. The van der Waals surface area contributed by atoms with Crippen LogP contribution in [0.3, 0.4) is 0 Å². The number of ether oxygens (including phenoxy) is 1. The zero-order chi connectivity index (χ0) is 21.8. The molecule has 0 bridgehead atoms. The molecule has 0 aliphatic heterocycles. The van der Waals surface area contributed by atoms with Gasteiger partial charge in [-0.2, -0.15) is 5.26 Å². The molecule has 5 nitrogen and oxygen atoms in total. The third-order valence-electron chi connectivity index (χ3n) is 5.05. The monoisotopic (exact) mass is 428 g/mol. The molecule has 1 aromatic heterocycles. The van der Waals surface area contributed by atoms with Crippen molar-refractivity contribution in [3.8, 4) is 11.8 Å². The lowest BCUT2D eigenvalue weighted by Gasteiger charge is -2.07. The molecule has 6 heteroatoms. The molecule has 0 radical (unpaired) electrons. The van der Waals surface area contributed by atoms with Gasteiger partial charge in [0.25, 0.3) is 0 Å². The summed E-state index contributed by atoms with van der Waals surface area (Å²) in [6.45, 7) is 0.582. The van der Waals surface area contributed by atoms with Crippen LogP contribution in [0.2, 0.25) is 0 Å². The van der Waals surface area contributed by atoms with Gasteiger partial charge >= 0.3 is 0 Å². The van der Waals surface area contributed by atoms with Crippen molar-refractivity contribution in [3.63, 3.8) is 0 Å². The number of methoxy groups -OCH3 is 1. The fraction of sp³-hybridized carbons (Fsp3) is 0.0800. The number of fused-ring (bicyclic) bond motifs is 1. The molecule has 0 N–H and O–H groups in total. The summed E-state index contributed by atoms with van der Waals surface area (Å²) < 4.78 is 33.3. The Hall–Kier alpha value is -3.82. The second-order valence-corrected chi connectivity index (χ2v) is 8.94. The molecule has 4 aromatic rings. The van der Waals surface area contributed by atoms with Gasteiger partial charge in [-0.25, -0.2) is 8.42 Å². The van der Waals surface area contributed by atoms with Crippen molar-refractivity contribution < 1.29 is 13.2 Å². The van der Waals surface area contributed by atoms with Crippen LogP contribution < -0.4 is 4.74 Å². The van der Waals surface area contributed by atoms with E-state index in [9.17, 15) is 13.7 Å². The number of hydrogen-bond acceptors (Lipinski definition) is 4. The van der Waals surface area contributed by atoms with Crippen molar-refractivity contribution in [2.24, 2.45) is 0 Å². The van der Waals surface area contributed by atoms with Crippen molar-refractivity contribution in [1.82, 2.24) is 4.57 Å². The lowest BCUT2D eigenvalue weighted by Crippen LogP contribution is -2.03. The van der Waals surface area contributed by atoms with Gasteiger partial charge in [0.2, 0.25) is 9.84 Å². The summed E-state index contributed by atoms with van der Waals surface area (Å²) in [6, 6.07) is 25.4. The minimum Gasteiger partial charge on any atom is -0.497 e. The Labute approximate surface area is 181 Å². The van der Waals surface area contributed by atoms with Crippen LogP contribution in [0.5, 0.6) is 5.75 Å². The molecular weight excluding hydrogens is 408 g/mol. The first-order valence-corrected chi connectivity index (χ1v) is 11.1. The molecule has 154 valence electrons. The number of sulfone groups is 1. The van der Waals surface area contributed by atoms with E-state index in [1.54, 1.807) is 25.3 Å². The summed E-state index contributed by atoms with van der Waals surface area (Å²) in [7, 11) is -2.27. The fourth-order valence-electron chi connectivity index (χ4n) is 3.53. The van der Waals surface area contributed by atoms with Gasteiger partial charge in [-0.15, -0.1) is 0 Å². The van der Waals surface area contributed by atoms with E-state index < -0.39 is 9.84 Å². The van der Waals surface area contributed by atoms with E-state index in [-0.39, 0.29) is 9.80 Å². The van der Waals surface area contributed by atoms with Crippen molar-refractivity contribution in [1.29, 1.82) is 5.26 Å². The fourth-order valence-corrected chi connectivity index (χ4v) is 4.70. The third-order valence-corrected chi connectivity index (χ3v) is 6.73. The molecule has 0 saturated heterocycles. The third kappa shape index (κ3) is 4.09. The summed E-state index contributed by atoms with van der Waals surface area (Å²) >= 11 is 0. The van der Waals surface area contributed by atoms with Gasteiger partial charge in [0.15, 0.2) is 0 Å². The van der Waals surface area contributed by atoms with E-state index in [0.717, 1.165) is 22.2 Å². The van der Waals surface area contributed by atoms with Crippen LogP contribution in [0.4, 0.5) is 0 Å². The first kappa shape index (κ1) is 20.5. The molecule has 4 rings (SSSR count). The average molecular weight is 429 g/mol. The molecule has 0 unspecified atom stereocenters. The maximum atomic E-state index is 13.0. The first-order chi connectivity index (χ1) is 15.0. The summed E-state index contributed by atoms with van der Waals surface area (Å²) in [6.07, 6.45) is 3.33. The summed E-state index contributed by atoms with van der Waals surface area (Å²) in [5, 5.41) is 10.5. The Balaban J connectivity index is 1.80. The number of nitriles is 1. The predicted molar refractivity (Wildman–Crippen MR) is 121 cm³/mol. The van der Waals surface area contributed by atoms with E-state index in [2.05, 4.69) is 0 Å². The summed E-state index contributed by atoms with van der Waals surface area (Å²) in [5.41, 5.74) is 2.67. The van der Waals surface area contributed by atoms with Crippen molar-refractivity contribution >= 4 is 26.8 Å². The molecule has 3 aromatic carbocycles. The largest absolute Gasteiger partial charge is 0.497 e. The molecule has 0 amide bonds. The quantitative estimate of drug-likeness (QED) is 0.404. The minimum absolute atomic E-state index is 0.0999. The van der Waals surface area contributed by atoms with Crippen molar-refractivity contribution in [3.05, 3.63) is 101 Å². The van der Waals surface area contributed by atoms with Crippen molar-refractivity contribution in [2.45, 2.75) is 11.4 Å². The zero-order valence-electron chi connectivity index (χ0n) is 16.9. The van der Waals surface area contributed by atoms with Gasteiger partial charge < -0.3 is 9.30 Å². The second-order valence-electron chi connectivity index (χ2n) is 7.02. The number of allylic oxidation sites excluding steroid dienone is 1. The van der Waals surface area contributed by atoms with E-state index in [0.29, 0.717) is 12.1 Å². The molecule has 0 atom stereocenters. The van der Waals surface area contributed by atoms with Crippen LogP contribution >= 0.6 is 0 Å². The van der Waals surface area contributed by atoms with Crippen LogP contribution in [0.1, 0.15) is 11.1 Å². The average Bonchev–Trinajstić information content (AvgIpc) is 3.15. The standard InChI is InChI=1S/C25H20N2O3S/c1-30-21-9-7-8-19(14-21)17-27-18-20(24-12-5-6-13-25(24)27)15-23(16-26)31(28,29)22-10-3-2-4-11-22/h2-15,18H,17H2,1H3/b23-15-. The predicted octanol–water partition coefficient (Wildman–Crippen LogP) is 5.04. The zero-order valence-corrected chi connectivity index (χ0v) is 17.7. The van der Waals surface area contributed by atoms with Crippen LogP contribution in [0.25, 0.3) is 17.0 Å². The topological polar surface area (TPSA) is 72.1 Å². The highest BCUT2D eigenvalue weighted by atomic mass is 32.2. The SMILES string of the molecule is COc1cccc(Cn2cc(/C=C(/C#N)S(=O)(=O)c3ccccc3)c3ccccc32)c1. The van der Waals surface area contributed by atoms with E-state index >= 15 is 0 Å². The number of hydrogen-bond donors (Lipinski definition) is 0. The Kier molecular flexibility index (Phi) is 5.61. The van der Waals surface area contributed by atoms with E-state index in [4.69, 9.17) is 4.74 Å². The highest BCUT2D eigenvalue weighted by Gasteiger charge is 2.21. The van der Waals surface area contributed by atoms with Gasteiger partial charge in [0.1, 0.15) is 16.7 Å². The lowest BCUT2D eigenvalue weighted by molar-refractivity contribution is 0.414. The molecule has 0 aliphatic carbocycles. The minimum atomic E-state index is -3.90. The normalized spacial score (nSPS) is 11.9. The number of nitrogens with zero attached hydrogens (tertiary/aromatic N) is 2. The molecule has 0 fully saturated rings.